The van der Waals surface area contributed by atoms with E-state index in [9.17, 15) is 13.2 Å². The molecule has 1 aliphatic heterocycles. The third-order valence-electron chi connectivity index (χ3n) is 2.55. The standard InChI is InChI=1S/C8H15NO4S/c1-9-3-5-14(12,13)4-2-7(9)6-8(10)11/h7H,2-6H2,1H3,(H,10,11). The Morgan fingerprint density at radius 3 is 2.71 bits per heavy atom. The third-order valence-corrected chi connectivity index (χ3v) is 4.21. The summed E-state index contributed by atoms with van der Waals surface area (Å²) in [5.41, 5.74) is 0. The second kappa shape index (κ2) is 4.27. The molecule has 1 aliphatic rings. The summed E-state index contributed by atoms with van der Waals surface area (Å²) in [7, 11) is -1.18. The predicted molar refractivity (Wildman–Crippen MR) is 51.9 cm³/mol. The van der Waals surface area contributed by atoms with Crippen molar-refractivity contribution in [3.05, 3.63) is 0 Å². The maximum atomic E-state index is 11.3. The van der Waals surface area contributed by atoms with Gasteiger partial charge in [-0.2, -0.15) is 0 Å². The molecule has 1 N–H and O–H groups in total. The number of hydrogen-bond donors (Lipinski definition) is 1. The Balaban J connectivity index is 2.65. The summed E-state index contributed by atoms with van der Waals surface area (Å²) in [4.78, 5) is 12.3. The fraction of sp³-hybridized carbons (Fsp3) is 0.875. The van der Waals surface area contributed by atoms with Crippen LogP contribution in [0.2, 0.25) is 0 Å². The quantitative estimate of drug-likeness (QED) is 0.685. The Hall–Kier alpha value is -0.620. The molecule has 0 amide bonds. The molecule has 0 aromatic carbocycles. The zero-order valence-electron chi connectivity index (χ0n) is 8.14. The van der Waals surface area contributed by atoms with Gasteiger partial charge in [-0.3, -0.25) is 4.79 Å². The van der Waals surface area contributed by atoms with Crippen LogP contribution < -0.4 is 0 Å². The van der Waals surface area contributed by atoms with Crippen molar-refractivity contribution in [3.8, 4) is 0 Å². The van der Waals surface area contributed by atoms with E-state index in [1.54, 1.807) is 7.05 Å². The lowest BCUT2D eigenvalue weighted by atomic mass is 10.1. The number of hydrogen-bond acceptors (Lipinski definition) is 4. The molecule has 1 saturated heterocycles. The van der Waals surface area contributed by atoms with Crippen LogP contribution in [0.25, 0.3) is 0 Å². The molecule has 0 saturated carbocycles. The molecule has 0 aromatic heterocycles. The zero-order chi connectivity index (χ0) is 10.8. The van der Waals surface area contributed by atoms with E-state index in [0.717, 1.165) is 0 Å². The normalized spacial score (nSPS) is 28.2. The van der Waals surface area contributed by atoms with Crippen molar-refractivity contribution in [1.82, 2.24) is 4.90 Å². The maximum absolute atomic E-state index is 11.3. The number of carboxylic acid groups (broad SMARTS) is 1. The number of carboxylic acids is 1. The molecule has 5 nitrogen and oxygen atoms in total. The van der Waals surface area contributed by atoms with Gasteiger partial charge in [0.05, 0.1) is 17.9 Å². The van der Waals surface area contributed by atoms with Crippen LogP contribution in [-0.4, -0.2) is 55.5 Å². The molecule has 1 atom stereocenters. The summed E-state index contributed by atoms with van der Waals surface area (Å²) in [6, 6.07) is -0.148. The molecular formula is C8H15NO4S. The van der Waals surface area contributed by atoms with Crippen LogP contribution >= 0.6 is 0 Å². The molecule has 6 heteroatoms. The molecule has 0 spiro atoms. The van der Waals surface area contributed by atoms with Gasteiger partial charge in [0.25, 0.3) is 0 Å². The summed E-state index contributed by atoms with van der Waals surface area (Å²) in [6.45, 7) is 0.431. The zero-order valence-corrected chi connectivity index (χ0v) is 8.96. The lowest BCUT2D eigenvalue weighted by Gasteiger charge is -2.22. The average molecular weight is 221 g/mol. The minimum atomic E-state index is -2.96. The second-order valence-corrected chi connectivity index (χ2v) is 5.98. The highest BCUT2D eigenvalue weighted by Gasteiger charge is 2.26. The van der Waals surface area contributed by atoms with E-state index < -0.39 is 15.8 Å². The Kier molecular flexibility index (Phi) is 3.49. The average Bonchev–Trinajstić information content (AvgIpc) is 2.17. The Bertz CT molecular complexity index is 311. The molecule has 1 heterocycles. The van der Waals surface area contributed by atoms with Gasteiger partial charge in [0.2, 0.25) is 0 Å². The van der Waals surface area contributed by atoms with Crippen LogP contribution in [0, 0.1) is 0 Å². The van der Waals surface area contributed by atoms with E-state index in [0.29, 0.717) is 13.0 Å². The van der Waals surface area contributed by atoms with Gasteiger partial charge in [0.15, 0.2) is 9.84 Å². The first kappa shape index (κ1) is 11.5. The largest absolute Gasteiger partial charge is 0.481 e. The second-order valence-electron chi connectivity index (χ2n) is 3.67. The molecule has 0 aromatic rings. The monoisotopic (exact) mass is 221 g/mol. The molecule has 1 unspecified atom stereocenters. The van der Waals surface area contributed by atoms with Gasteiger partial charge in [-0.15, -0.1) is 0 Å². The van der Waals surface area contributed by atoms with Gasteiger partial charge in [0.1, 0.15) is 0 Å². The fourth-order valence-corrected chi connectivity index (χ4v) is 2.96. The van der Waals surface area contributed by atoms with Crippen LogP contribution in [-0.2, 0) is 14.6 Å². The van der Waals surface area contributed by atoms with Crippen LogP contribution in [0.4, 0.5) is 0 Å². The Morgan fingerprint density at radius 1 is 1.50 bits per heavy atom. The van der Waals surface area contributed by atoms with E-state index in [1.165, 1.54) is 0 Å². The molecule has 1 rings (SSSR count). The van der Waals surface area contributed by atoms with Gasteiger partial charge >= 0.3 is 5.97 Å². The lowest BCUT2D eigenvalue weighted by molar-refractivity contribution is -0.138. The highest BCUT2D eigenvalue weighted by molar-refractivity contribution is 7.91. The van der Waals surface area contributed by atoms with E-state index in [2.05, 4.69) is 0 Å². The molecule has 1 fully saturated rings. The molecule has 0 aliphatic carbocycles. The van der Waals surface area contributed by atoms with Crippen molar-refractivity contribution in [2.75, 3.05) is 25.1 Å². The van der Waals surface area contributed by atoms with Crippen LogP contribution in [0.15, 0.2) is 0 Å². The van der Waals surface area contributed by atoms with Crippen molar-refractivity contribution >= 4 is 15.8 Å². The van der Waals surface area contributed by atoms with E-state index in [-0.39, 0.29) is 24.0 Å². The van der Waals surface area contributed by atoms with Crippen LogP contribution in [0.5, 0.6) is 0 Å². The molecular weight excluding hydrogens is 206 g/mol. The molecule has 0 bridgehead atoms. The Morgan fingerprint density at radius 2 is 2.14 bits per heavy atom. The molecule has 14 heavy (non-hydrogen) atoms. The highest BCUT2D eigenvalue weighted by atomic mass is 32.2. The maximum Gasteiger partial charge on any atom is 0.304 e. The molecule has 82 valence electrons. The minimum absolute atomic E-state index is 0.0199. The topological polar surface area (TPSA) is 74.7 Å². The summed E-state index contributed by atoms with van der Waals surface area (Å²) >= 11 is 0. The first-order valence-corrected chi connectivity index (χ1v) is 6.35. The summed E-state index contributed by atoms with van der Waals surface area (Å²) in [6.07, 6.45) is 0.442. The summed E-state index contributed by atoms with van der Waals surface area (Å²) in [5, 5.41) is 8.63. The van der Waals surface area contributed by atoms with E-state index in [1.807, 2.05) is 4.90 Å². The summed E-state index contributed by atoms with van der Waals surface area (Å²) in [5.74, 6) is -0.629. The fourth-order valence-electron chi connectivity index (χ4n) is 1.56. The van der Waals surface area contributed by atoms with Gasteiger partial charge in [-0.1, -0.05) is 0 Å². The number of aliphatic carboxylic acids is 1. The Labute approximate surface area is 83.6 Å². The van der Waals surface area contributed by atoms with Crippen molar-refractivity contribution in [1.29, 1.82) is 0 Å². The van der Waals surface area contributed by atoms with E-state index in [4.69, 9.17) is 5.11 Å². The van der Waals surface area contributed by atoms with Gasteiger partial charge in [-0.05, 0) is 13.5 Å². The minimum Gasteiger partial charge on any atom is -0.481 e. The summed E-state index contributed by atoms with van der Waals surface area (Å²) < 4.78 is 22.5. The SMILES string of the molecule is CN1CCS(=O)(=O)CCC1CC(=O)O. The van der Waals surface area contributed by atoms with Crippen molar-refractivity contribution < 1.29 is 18.3 Å². The highest BCUT2D eigenvalue weighted by Crippen LogP contribution is 2.13. The van der Waals surface area contributed by atoms with E-state index >= 15 is 0 Å². The lowest BCUT2D eigenvalue weighted by Crippen LogP contribution is -2.34. The van der Waals surface area contributed by atoms with Gasteiger partial charge in [0, 0.05) is 12.6 Å². The first-order valence-electron chi connectivity index (χ1n) is 4.53. The van der Waals surface area contributed by atoms with Crippen LogP contribution in [0.3, 0.4) is 0 Å². The van der Waals surface area contributed by atoms with Gasteiger partial charge < -0.3 is 10.0 Å². The van der Waals surface area contributed by atoms with Crippen molar-refractivity contribution in [2.24, 2.45) is 0 Å². The smallest absolute Gasteiger partial charge is 0.304 e. The van der Waals surface area contributed by atoms with Crippen molar-refractivity contribution in [2.45, 2.75) is 18.9 Å². The van der Waals surface area contributed by atoms with Gasteiger partial charge in [-0.25, -0.2) is 8.42 Å². The predicted octanol–water partition coefficient (Wildman–Crippen LogP) is -0.420. The first-order chi connectivity index (χ1) is 6.41. The van der Waals surface area contributed by atoms with Crippen molar-refractivity contribution in [3.63, 3.8) is 0 Å². The third kappa shape index (κ3) is 3.26. The molecule has 0 radical (unpaired) electrons. The number of sulfone groups is 1. The number of nitrogens with zero attached hydrogens (tertiary/aromatic N) is 1. The number of carbonyl (C=O) groups is 1. The number of rotatable bonds is 2. The van der Waals surface area contributed by atoms with Crippen LogP contribution in [0.1, 0.15) is 12.8 Å².